The quantitative estimate of drug-likeness (QED) is 0.901. The van der Waals surface area contributed by atoms with E-state index in [1.807, 2.05) is 13.0 Å². The third-order valence-corrected chi connectivity index (χ3v) is 4.58. The minimum absolute atomic E-state index is 0.0860. The van der Waals surface area contributed by atoms with E-state index >= 15 is 0 Å². The van der Waals surface area contributed by atoms with Gasteiger partial charge in [-0.3, -0.25) is 9.59 Å². The van der Waals surface area contributed by atoms with Gasteiger partial charge < -0.3 is 15.4 Å². The van der Waals surface area contributed by atoms with E-state index < -0.39 is 6.10 Å². The number of hydrogen-bond donors (Lipinski definition) is 1. The first-order valence-corrected chi connectivity index (χ1v) is 8.65. The summed E-state index contributed by atoms with van der Waals surface area (Å²) in [6.45, 7) is 9.03. The van der Waals surface area contributed by atoms with Crippen molar-refractivity contribution in [2.24, 2.45) is 11.7 Å². The molecule has 1 aromatic carbocycles. The Kier molecular flexibility index (Phi) is 5.86. The zero-order valence-electron chi connectivity index (χ0n) is 15.0. The Morgan fingerprint density at radius 3 is 2.62 bits per heavy atom. The number of nitrogens with zero attached hydrogens (tertiary/aromatic N) is 1. The van der Waals surface area contributed by atoms with Gasteiger partial charge in [0.25, 0.3) is 5.91 Å². The first-order chi connectivity index (χ1) is 11.3. The zero-order valence-corrected chi connectivity index (χ0v) is 15.0. The highest BCUT2D eigenvalue weighted by Gasteiger charge is 2.30. The van der Waals surface area contributed by atoms with Gasteiger partial charge >= 0.3 is 0 Å². The summed E-state index contributed by atoms with van der Waals surface area (Å²) in [7, 11) is 0. The minimum atomic E-state index is -0.587. The van der Waals surface area contributed by atoms with E-state index in [1.54, 1.807) is 11.8 Å². The summed E-state index contributed by atoms with van der Waals surface area (Å²) in [5, 5.41) is 0. The number of hydrogen-bond acceptors (Lipinski definition) is 3. The van der Waals surface area contributed by atoms with Crippen molar-refractivity contribution in [2.45, 2.75) is 52.6 Å². The van der Waals surface area contributed by atoms with Crippen molar-refractivity contribution < 1.29 is 14.3 Å². The van der Waals surface area contributed by atoms with E-state index in [0.717, 1.165) is 29.7 Å². The molecule has 0 saturated carbocycles. The SMILES string of the molecule is Cc1ccc(C(C)C)c(OC(C)C(=O)N2CCCC(C(N)=O)C2)c1. The summed E-state index contributed by atoms with van der Waals surface area (Å²) in [6.07, 6.45) is 0.966. The molecule has 0 spiro atoms. The highest BCUT2D eigenvalue weighted by molar-refractivity contribution is 5.83. The number of piperidine rings is 1. The molecular weight excluding hydrogens is 304 g/mol. The van der Waals surface area contributed by atoms with Gasteiger partial charge in [-0.05, 0) is 49.8 Å². The van der Waals surface area contributed by atoms with E-state index in [9.17, 15) is 9.59 Å². The Hall–Kier alpha value is -2.04. The normalized spacial score (nSPS) is 19.2. The molecule has 1 saturated heterocycles. The molecular formula is C19H28N2O3. The second-order valence-electron chi connectivity index (χ2n) is 6.98. The van der Waals surface area contributed by atoms with Crippen molar-refractivity contribution in [2.75, 3.05) is 13.1 Å². The van der Waals surface area contributed by atoms with E-state index in [1.165, 1.54) is 0 Å². The number of carbonyl (C=O) groups excluding carboxylic acids is 2. The molecule has 132 valence electrons. The van der Waals surface area contributed by atoms with Crippen LogP contribution in [0.25, 0.3) is 0 Å². The Labute approximate surface area is 144 Å². The summed E-state index contributed by atoms with van der Waals surface area (Å²) >= 11 is 0. The maximum atomic E-state index is 12.7. The molecule has 2 N–H and O–H groups in total. The fourth-order valence-corrected chi connectivity index (χ4v) is 3.13. The molecule has 0 bridgehead atoms. The molecule has 1 heterocycles. The van der Waals surface area contributed by atoms with E-state index in [0.29, 0.717) is 19.0 Å². The molecule has 0 radical (unpaired) electrons. The van der Waals surface area contributed by atoms with Crippen LogP contribution in [-0.2, 0) is 9.59 Å². The summed E-state index contributed by atoms with van der Waals surface area (Å²) < 4.78 is 5.99. The molecule has 0 aliphatic carbocycles. The predicted octanol–water partition coefficient (Wildman–Crippen LogP) is 2.61. The van der Waals surface area contributed by atoms with Crippen molar-refractivity contribution in [3.05, 3.63) is 29.3 Å². The van der Waals surface area contributed by atoms with Crippen LogP contribution in [0.2, 0.25) is 0 Å². The third-order valence-electron chi connectivity index (χ3n) is 4.58. The van der Waals surface area contributed by atoms with Crippen LogP contribution in [0, 0.1) is 12.8 Å². The second-order valence-corrected chi connectivity index (χ2v) is 6.98. The maximum Gasteiger partial charge on any atom is 0.263 e. The van der Waals surface area contributed by atoms with Crippen molar-refractivity contribution in [1.82, 2.24) is 4.90 Å². The van der Waals surface area contributed by atoms with Gasteiger partial charge in [-0.15, -0.1) is 0 Å². The first-order valence-electron chi connectivity index (χ1n) is 8.65. The van der Waals surface area contributed by atoms with E-state index in [4.69, 9.17) is 10.5 Å². The van der Waals surface area contributed by atoms with Gasteiger partial charge in [0.15, 0.2) is 6.10 Å². The molecule has 0 aromatic heterocycles. The van der Waals surface area contributed by atoms with Gasteiger partial charge in [-0.25, -0.2) is 0 Å². The van der Waals surface area contributed by atoms with Gasteiger partial charge in [0.2, 0.25) is 5.91 Å². The summed E-state index contributed by atoms with van der Waals surface area (Å²) in [4.78, 5) is 25.8. The van der Waals surface area contributed by atoms with Gasteiger partial charge in [0.05, 0.1) is 5.92 Å². The fraction of sp³-hybridized carbons (Fsp3) is 0.579. The number of amides is 2. The highest BCUT2D eigenvalue weighted by Crippen LogP contribution is 2.29. The number of rotatable bonds is 5. The zero-order chi connectivity index (χ0) is 17.9. The van der Waals surface area contributed by atoms with E-state index in [-0.39, 0.29) is 17.7 Å². The fourth-order valence-electron chi connectivity index (χ4n) is 3.13. The lowest BCUT2D eigenvalue weighted by Gasteiger charge is -2.33. The van der Waals surface area contributed by atoms with Gasteiger partial charge in [-0.1, -0.05) is 26.0 Å². The summed E-state index contributed by atoms with van der Waals surface area (Å²) in [5.74, 6) is 0.408. The van der Waals surface area contributed by atoms with Crippen LogP contribution in [0.3, 0.4) is 0 Å². The largest absolute Gasteiger partial charge is 0.481 e. The average molecular weight is 332 g/mol. The number of carbonyl (C=O) groups is 2. The Bertz CT molecular complexity index is 613. The molecule has 1 aliphatic heterocycles. The molecule has 2 amide bonds. The predicted molar refractivity (Wildman–Crippen MR) is 93.9 cm³/mol. The number of benzene rings is 1. The molecule has 1 aliphatic rings. The lowest BCUT2D eigenvalue weighted by molar-refractivity contribution is -0.141. The maximum absolute atomic E-state index is 12.7. The standard InChI is InChI=1S/C19H28N2O3/c1-12(2)16-8-7-13(3)10-17(16)24-14(4)19(23)21-9-5-6-15(11-21)18(20)22/h7-8,10,12,14-15H,5-6,9,11H2,1-4H3,(H2,20,22). The van der Waals surface area contributed by atoms with Crippen LogP contribution in [0.5, 0.6) is 5.75 Å². The minimum Gasteiger partial charge on any atom is -0.481 e. The number of nitrogens with two attached hydrogens (primary N) is 1. The Balaban J connectivity index is 2.09. The third kappa shape index (κ3) is 4.28. The van der Waals surface area contributed by atoms with Gasteiger partial charge in [-0.2, -0.15) is 0 Å². The van der Waals surface area contributed by atoms with Gasteiger partial charge in [0.1, 0.15) is 5.75 Å². The van der Waals surface area contributed by atoms with Crippen molar-refractivity contribution >= 4 is 11.8 Å². The van der Waals surface area contributed by atoms with Crippen LogP contribution < -0.4 is 10.5 Å². The number of aryl methyl sites for hydroxylation is 1. The van der Waals surface area contributed by atoms with Crippen LogP contribution in [-0.4, -0.2) is 35.9 Å². The van der Waals surface area contributed by atoms with Crippen molar-refractivity contribution in [1.29, 1.82) is 0 Å². The lowest BCUT2D eigenvalue weighted by atomic mass is 9.97. The Morgan fingerprint density at radius 2 is 2.00 bits per heavy atom. The molecule has 2 rings (SSSR count). The number of ether oxygens (including phenoxy) is 1. The number of primary amides is 1. The highest BCUT2D eigenvalue weighted by atomic mass is 16.5. The van der Waals surface area contributed by atoms with E-state index in [2.05, 4.69) is 26.0 Å². The monoisotopic (exact) mass is 332 g/mol. The average Bonchev–Trinajstić information content (AvgIpc) is 2.54. The van der Waals surface area contributed by atoms with Crippen molar-refractivity contribution in [3.63, 3.8) is 0 Å². The first kappa shape index (κ1) is 18.3. The van der Waals surface area contributed by atoms with Crippen molar-refractivity contribution in [3.8, 4) is 5.75 Å². The topological polar surface area (TPSA) is 72.6 Å². The van der Waals surface area contributed by atoms with Crippen LogP contribution in [0.15, 0.2) is 18.2 Å². The van der Waals surface area contributed by atoms with Crippen LogP contribution >= 0.6 is 0 Å². The van der Waals surface area contributed by atoms with Gasteiger partial charge in [0, 0.05) is 13.1 Å². The molecule has 1 fully saturated rings. The van der Waals surface area contributed by atoms with Crippen LogP contribution in [0.4, 0.5) is 0 Å². The Morgan fingerprint density at radius 1 is 1.29 bits per heavy atom. The lowest BCUT2D eigenvalue weighted by Crippen LogP contribution is -2.48. The van der Waals surface area contributed by atoms with Crippen LogP contribution in [0.1, 0.15) is 50.7 Å². The molecule has 1 aromatic rings. The molecule has 2 atom stereocenters. The second kappa shape index (κ2) is 7.69. The molecule has 24 heavy (non-hydrogen) atoms. The number of likely N-dealkylation sites (tertiary alicyclic amines) is 1. The summed E-state index contributed by atoms with van der Waals surface area (Å²) in [6, 6.07) is 6.08. The smallest absolute Gasteiger partial charge is 0.263 e. The summed E-state index contributed by atoms with van der Waals surface area (Å²) in [5.41, 5.74) is 7.58. The molecule has 5 heteroatoms. The molecule has 2 unspecified atom stereocenters. The molecule has 5 nitrogen and oxygen atoms in total.